The van der Waals surface area contributed by atoms with Gasteiger partial charge in [0.15, 0.2) is 0 Å². The molecule has 17 heavy (non-hydrogen) atoms. The number of hydrogen-bond acceptors (Lipinski definition) is 4. The molecular weight excluding hydrogens is 240 g/mol. The van der Waals surface area contributed by atoms with Gasteiger partial charge in [-0.05, 0) is 31.5 Å². The van der Waals surface area contributed by atoms with Crippen LogP contribution in [-0.4, -0.2) is 26.2 Å². The molecule has 0 aliphatic carbocycles. The van der Waals surface area contributed by atoms with Gasteiger partial charge in [-0.2, -0.15) is 0 Å². The molecule has 0 aliphatic heterocycles. The highest BCUT2D eigenvalue weighted by Crippen LogP contribution is 2.15. The first-order chi connectivity index (χ1) is 7.84. The number of aliphatic hydroxyl groups excluding tert-OH is 1. The van der Waals surface area contributed by atoms with E-state index in [4.69, 9.17) is 10.2 Å². The number of primary sulfonamides is 1. The molecule has 1 aromatic carbocycles. The minimum absolute atomic E-state index is 0.0112. The maximum atomic E-state index is 11.1. The van der Waals surface area contributed by atoms with Crippen molar-refractivity contribution in [2.75, 3.05) is 6.61 Å². The van der Waals surface area contributed by atoms with Crippen molar-refractivity contribution in [2.45, 2.75) is 30.8 Å². The molecule has 0 aliphatic rings. The average molecular weight is 258 g/mol. The lowest BCUT2D eigenvalue weighted by Crippen LogP contribution is -2.31. The van der Waals surface area contributed by atoms with Crippen LogP contribution in [-0.2, 0) is 10.0 Å². The molecule has 0 saturated carbocycles. The molecule has 1 unspecified atom stereocenters. The van der Waals surface area contributed by atoms with Crippen molar-refractivity contribution >= 4 is 10.0 Å². The number of sulfonamides is 1. The monoisotopic (exact) mass is 258 g/mol. The van der Waals surface area contributed by atoms with Crippen molar-refractivity contribution in [2.24, 2.45) is 5.14 Å². The van der Waals surface area contributed by atoms with Gasteiger partial charge in [-0.15, -0.1) is 0 Å². The number of benzene rings is 1. The third kappa shape index (κ3) is 4.08. The van der Waals surface area contributed by atoms with E-state index in [1.165, 1.54) is 12.1 Å². The van der Waals surface area contributed by atoms with Crippen molar-refractivity contribution in [3.63, 3.8) is 0 Å². The number of aliphatic hydroxyl groups is 1. The van der Waals surface area contributed by atoms with Crippen LogP contribution in [0.25, 0.3) is 0 Å². The van der Waals surface area contributed by atoms with Crippen LogP contribution < -0.4 is 10.5 Å². The fourth-order valence-corrected chi connectivity index (χ4v) is 2.04. The van der Waals surface area contributed by atoms with Crippen molar-refractivity contribution < 1.29 is 13.5 Å². The van der Waals surface area contributed by atoms with Crippen LogP contribution >= 0.6 is 0 Å². The predicted molar refractivity (Wildman–Crippen MR) is 65.9 cm³/mol. The Balaban J connectivity index is 2.81. The highest BCUT2D eigenvalue weighted by atomic mass is 32.2. The maximum absolute atomic E-state index is 11.1. The quantitative estimate of drug-likeness (QED) is 0.711. The van der Waals surface area contributed by atoms with Crippen molar-refractivity contribution in [3.8, 4) is 0 Å². The summed E-state index contributed by atoms with van der Waals surface area (Å²) in [5.41, 5.74) is 0.942. The van der Waals surface area contributed by atoms with E-state index in [2.05, 4.69) is 5.32 Å². The minimum Gasteiger partial charge on any atom is -0.395 e. The van der Waals surface area contributed by atoms with E-state index in [1.54, 1.807) is 12.1 Å². The Bertz CT molecular complexity index is 456. The normalized spacial score (nSPS) is 15.5. The SMILES string of the molecule is CC(N[C@H](C)CO)c1ccc(S(N)(=O)=O)cc1. The third-order valence-corrected chi connectivity index (χ3v) is 3.45. The van der Waals surface area contributed by atoms with Gasteiger partial charge in [0.05, 0.1) is 11.5 Å². The first-order valence-corrected chi connectivity index (χ1v) is 6.89. The van der Waals surface area contributed by atoms with Crippen LogP contribution in [0.4, 0.5) is 0 Å². The van der Waals surface area contributed by atoms with Gasteiger partial charge < -0.3 is 10.4 Å². The molecule has 0 amide bonds. The predicted octanol–water partition coefficient (Wildman–Crippen LogP) is 0.365. The lowest BCUT2D eigenvalue weighted by Gasteiger charge is -2.18. The summed E-state index contributed by atoms with van der Waals surface area (Å²) in [7, 11) is -3.63. The van der Waals surface area contributed by atoms with Gasteiger partial charge >= 0.3 is 0 Å². The summed E-state index contributed by atoms with van der Waals surface area (Å²) in [6.07, 6.45) is 0. The highest BCUT2D eigenvalue weighted by molar-refractivity contribution is 7.89. The van der Waals surface area contributed by atoms with Gasteiger partial charge in [0.25, 0.3) is 0 Å². The van der Waals surface area contributed by atoms with Gasteiger partial charge in [-0.1, -0.05) is 12.1 Å². The second-order valence-corrected chi connectivity index (χ2v) is 5.65. The van der Waals surface area contributed by atoms with E-state index in [0.717, 1.165) is 5.56 Å². The second-order valence-electron chi connectivity index (χ2n) is 4.09. The maximum Gasteiger partial charge on any atom is 0.238 e. The summed E-state index contributed by atoms with van der Waals surface area (Å²) in [6.45, 7) is 3.87. The molecule has 6 heteroatoms. The van der Waals surface area contributed by atoms with Crippen LogP contribution in [0, 0.1) is 0 Å². The van der Waals surface area contributed by atoms with E-state index in [9.17, 15) is 8.42 Å². The van der Waals surface area contributed by atoms with E-state index in [1.807, 2.05) is 13.8 Å². The van der Waals surface area contributed by atoms with Crippen LogP contribution in [0.15, 0.2) is 29.2 Å². The summed E-state index contributed by atoms with van der Waals surface area (Å²) in [5.74, 6) is 0. The van der Waals surface area contributed by atoms with Gasteiger partial charge in [-0.25, -0.2) is 13.6 Å². The molecule has 4 N–H and O–H groups in total. The van der Waals surface area contributed by atoms with Crippen molar-refractivity contribution in [3.05, 3.63) is 29.8 Å². The Morgan fingerprint density at radius 3 is 2.24 bits per heavy atom. The van der Waals surface area contributed by atoms with Crippen LogP contribution in [0.2, 0.25) is 0 Å². The number of hydrogen-bond donors (Lipinski definition) is 3. The summed E-state index contributed by atoms with van der Waals surface area (Å²) in [5, 5.41) is 17.1. The Hall–Kier alpha value is -0.950. The molecule has 96 valence electrons. The summed E-state index contributed by atoms with van der Waals surface area (Å²) < 4.78 is 22.1. The molecule has 2 atom stereocenters. The van der Waals surface area contributed by atoms with E-state index < -0.39 is 10.0 Å². The molecule has 0 fully saturated rings. The number of rotatable bonds is 5. The first-order valence-electron chi connectivity index (χ1n) is 5.34. The molecular formula is C11H18N2O3S. The molecule has 0 bridgehead atoms. The zero-order valence-corrected chi connectivity index (χ0v) is 10.7. The molecule has 1 aromatic rings. The average Bonchev–Trinajstić information content (AvgIpc) is 2.27. The lowest BCUT2D eigenvalue weighted by molar-refractivity contribution is 0.243. The first kappa shape index (κ1) is 14.1. The van der Waals surface area contributed by atoms with E-state index in [0.29, 0.717) is 0 Å². The fraction of sp³-hybridized carbons (Fsp3) is 0.455. The third-order valence-electron chi connectivity index (χ3n) is 2.52. The Morgan fingerprint density at radius 2 is 1.82 bits per heavy atom. The molecule has 0 radical (unpaired) electrons. The topological polar surface area (TPSA) is 92.4 Å². The number of nitrogens with one attached hydrogen (secondary N) is 1. The van der Waals surface area contributed by atoms with Gasteiger partial charge in [-0.3, -0.25) is 0 Å². The number of nitrogens with two attached hydrogens (primary N) is 1. The molecule has 0 heterocycles. The zero-order valence-electron chi connectivity index (χ0n) is 9.92. The van der Waals surface area contributed by atoms with Crippen LogP contribution in [0.1, 0.15) is 25.5 Å². The van der Waals surface area contributed by atoms with Crippen molar-refractivity contribution in [1.82, 2.24) is 5.32 Å². The van der Waals surface area contributed by atoms with E-state index in [-0.39, 0.29) is 23.6 Å². The summed E-state index contributed by atoms with van der Waals surface area (Å²) in [4.78, 5) is 0.101. The second kappa shape index (κ2) is 5.59. The molecule has 1 rings (SSSR count). The molecule has 0 saturated heterocycles. The lowest BCUT2D eigenvalue weighted by atomic mass is 10.1. The largest absolute Gasteiger partial charge is 0.395 e. The van der Waals surface area contributed by atoms with Gasteiger partial charge in [0, 0.05) is 12.1 Å². The molecule has 5 nitrogen and oxygen atoms in total. The highest BCUT2D eigenvalue weighted by Gasteiger charge is 2.11. The Kier molecular flexibility index (Phi) is 4.64. The molecule has 0 spiro atoms. The van der Waals surface area contributed by atoms with Crippen LogP contribution in [0.3, 0.4) is 0 Å². The van der Waals surface area contributed by atoms with Crippen molar-refractivity contribution in [1.29, 1.82) is 0 Å². The van der Waals surface area contributed by atoms with Gasteiger partial charge in [0.2, 0.25) is 10.0 Å². The summed E-state index contributed by atoms with van der Waals surface area (Å²) in [6, 6.07) is 6.40. The smallest absolute Gasteiger partial charge is 0.238 e. The Labute approximate surface area is 102 Å². The van der Waals surface area contributed by atoms with Crippen LogP contribution in [0.5, 0.6) is 0 Å². The van der Waals surface area contributed by atoms with Gasteiger partial charge in [0.1, 0.15) is 0 Å². The fourth-order valence-electron chi connectivity index (χ4n) is 1.52. The summed E-state index contributed by atoms with van der Waals surface area (Å²) >= 11 is 0. The zero-order chi connectivity index (χ0) is 13.1. The standard InChI is InChI=1S/C11H18N2O3S/c1-8(7-14)13-9(2)10-3-5-11(6-4-10)17(12,15)16/h3-6,8-9,13-14H,7H2,1-2H3,(H2,12,15,16)/t8-,9?/m1/s1. The molecule has 0 aromatic heterocycles. The van der Waals surface area contributed by atoms with E-state index >= 15 is 0 Å². The Morgan fingerprint density at radius 1 is 1.29 bits per heavy atom. The minimum atomic E-state index is -3.63.